The van der Waals surface area contributed by atoms with E-state index in [1.54, 1.807) is 4.90 Å². The van der Waals surface area contributed by atoms with Gasteiger partial charge >= 0.3 is 0 Å². The number of carbonyl (C=O) groups excluding carboxylic acids is 2. The van der Waals surface area contributed by atoms with Crippen LogP contribution in [0.1, 0.15) is 25.7 Å². The van der Waals surface area contributed by atoms with E-state index in [1.165, 1.54) is 0 Å². The molecule has 7 nitrogen and oxygen atoms in total. The van der Waals surface area contributed by atoms with E-state index in [2.05, 4.69) is 10.6 Å². The molecule has 1 atom stereocenters. The van der Waals surface area contributed by atoms with Gasteiger partial charge in [0.1, 0.15) is 6.04 Å². The Bertz CT molecular complexity index is 773. The van der Waals surface area contributed by atoms with Gasteiger partial charge in [-0.15, -0.1) is 0 Å². The molecule has 2 N–H and O–H groups in total. The van der Waals surface area contributed by atoms with Crippen molar-refractivity contribution in [3.8, 4) is 0 Å². The molecule has 0 radical (unpaired) electrons. The number of amides is 2. The van der Waals surface area contributed by atoms with E-state index in [-0.39, 0.29) is 18.7 Å². The average Bonchev–Trinajstić information content (AvgIpc) is 2.64. The molecule has 2 heterocycles. The topological polar surface area (TPSA) is 95.6 Å². The van der Waals surface area contributed by atoms with Crippen molar-refractivity contribution in [2.24, 2.45) is 0 Å². The molecule has 0 spiro atoms. The number of para-hydroxylation sites is 1. The predicted molar refractivity (Wildman–Crippen MR) is 99.6 cm³/mol. The number of sulfone groups is 1. The van der Waals surface area contributed by atoms with Gasteiger partial charge < -0.3 is 15.5 Å². The number of hydrogen-bond donors (Lipinski definition) is 2. The van der Waals surface area contributed by atoms with Crippen molar-refractivity contribution in [1.82, 2.24) is 10.6 Å². The first-order chi connectivity index (χ1) is 12.3. The number of anilines is 1. The monoisotopic (exact) mass is 379 g/mol. The fourth-order valence-electron chi connectivity index (χ4n) is 3.76. The summed E-state index contributed by atoms with van der Waals surface area (Å²) in [6, 6.07) is 8.62. The molecule has 26 heavy (non-hydrogen) atoms. The second kappa shape index (κ2) is 7.36. The van der Waals surface area contributed by atoms with Crippen molar-refractivity contribution in [3.63, 3.8) is 0 Å². The quantitative estimate of drug-likeness (QED) is 0.793. The predicted octanol–water partition coefficient (Wildman–Crippen LogP) is 0.465. The highest BCUT2D eigenvalue weighted by Crippen LogP contribution is 2.29. The van der Waals surface area contributed by atoms with Gasteiger partial charge in [-0.05, 0) is 50.9 Å². The van der Waals surface area contributed by atoms with Crippen LogP contribution in [0.5, 0.6) is 0 Å². The SMILES string of the molecule is CS(=O)(=O)C1(C(=O)NC2CCCN(c3ccccc3)C2=O)CCNCC1. The fourth-order valence-corrected chi connectivity index (χ4v) is 5.10. The molecule has 2 aliphatic rings. The Morgan fingerprint density at radius 1 is 1.23 bits per heavy atom. The van der Waals surface area contributed by atoms with Gasteiger partial charge in [0.2, 0.25) is 11.8 Å². The van der Waals surface area contributed by atoms with E-state index in [4.69, 9.17) is 0 Å². The molecule has 0 aliphatic carbocycles. The number of nitrogens with one attached hydrogen (secondary N) is 2. The number of hydrogen-bond acceptors (Lipinski definition) is 5. The number of rotatable bonds is 4. The highest BCUT2D eigenvalue weighted by Gasteiger charge is 2.49. The smallest absolute Gasteiger partial charge is 0.249 e. The molecule has 3 rings (SSSR count). The molecule has 1 unspecified atom stereocenters. The van der Waals surface area contributed by atoms with Crippen LogP contribution in [-0.2, 0) is 19.4 Å². The minimum absolute atomic E-state index is 0.187. The zero-order chi connectivity index (χ0) is 18.8. The first kappa shape index (κ1) is 18.8. The van der Waals surface area contributed by atoms with Gasteiger partial charge in [0.05, 0.1) is 0 Å². The molecule has 2 amide bonds. The maximum Gasteiger partial charge on any atom is 0.249 e. The van der Waals surface area contributed by atoms with E-state index >= 15 is 0 Å². The van der Waals surface area contributed by atoms with E-state index < -0.39 is 26.5 Å². The number of carbonyl (C=O) groups is 2. The van der Waals surface area contributed by atoms with Gasteiger partial charge in [-0.2, -0.15) is 0 Å². The molecule has 0 saturated carbocycles. The van der Waals surface area contributed by atoms with E-state index in [0.29, 0.717) is 26.1 Å². The zero-order valence-corrected chi connectivity index (χ0v) is 15.7. The Balaban J connectivity index is 1.79. The first-order valence-corrected chi connectivity index (χ1v) is 10.8. The summed E-state index contributed by atoms with van der Waals surface area (Å²) < 4.78 is 23.3. The lowest BCUT2D eigenvalue weighted by atomic mass is 9.94. The highest BCUT2D eigenvalue weighted by molar-refractivity contribution is 7.92. The largest absolute Gasteiger partial charge is 0.343 e. The Kier molecular flexibility index (Phi) is 5.34. The fraction of sp³-hybridized carbons (Fsp3) is 0.556. The standard InChI is InChI=1S/C18H25N3O4S/c1-26(24,25)18(9-11-19-12-10-18)17(23)20-15-8-5-13-21(16(15)22)14-6-3-2-4-7-14/h2-4,6-7,15,19H,5,8-13H2,1H3,(H,20,23). The molecule has 0 bridgehead atoms. The van der Waals surface area contributed by atoms with Crippen LogP contribution in [0.4, 0.5) is 5.69 Å². The van der Waals surface area contributed by atoms with Crippen molar-refractivity contribution in [3.05, 3.63) is 30.3 Å². The van der Waals surface area contributed by atoms with Crippen molar-refractivity contribution in [2.45, 2.75) is 36.5 Å². The summed E-state index contributed by atoms with van der Waals surface area (Å²) in [5.74, 6) is -0.733. The van der Waals surface area contributed by atoms with E-state index in [0.717, 1.165) is 18.4 Å². The average molecular weight is 379 g/mol. The van der Waals surface area contributed by atoms with Crippen LogP contribution in [-0.4, -0.2) is 56.9 Å². The van der Waals surface area contributed by atoms with Gasteiger partial charge in [0.25, 0.3) is 0 Å². The van der Waals surface area contributed by atoms with Crippen LogP contribution in [0.2, 0.25) is 0 Å². The molecule has 8 heteroatoms. The molecule has 142 valence electrons. The summed E-state index contributed by atoms with van der Waals surface area (Å²) in [7, 11) is -3.60. The van der Waals surface area contributed by atoms with Crippen LogP contribution in [0.25, 0.3) is 0 Å². The normalized spacial score (nSPS) is 23.5. The molecule has 1 aromatic rings. The summed E-state index contributed by atoms with van der Waals surface area (Å²) in [6.45, 7) is 1.53. The van der Waals surface area contributed by atoms with E-state index in [9.17, 15) is 18.0 Å². The van der Waals surface area contributed by atoms with Gasteiger partial charge in [0, 0.05) is 18.5 Å². The first-order valence-electron chi connectivity index (χ1n) is 8.93. The second-order valence-electron chi connectivity index (χ2n) is 7.01. The summed E-state index contributed by atoms with van der Waals surface area (Å²) >= 11 is 0. The maximum atomic E-state index is 12.9. The van der Waals surface area contributed by atoms with Crippen molar-refractivity contribution in [2.75, 3.05) is 30.8 Å². The summed E-state index contributed by atoms with van der Waals surface area (Å²) in [6.07, 6.45) is 2.82. The molecule has 2 fully saturated rings. The zero-order valence-electron chi connectivity index (χ0n) is 14.9. The second-order valence-corrected chi connectivity index (χ2v) is 9.34. The van der Waals surface area contributed by atoms with Crippen LogP contribution in [0.3, 0.4) is 0 Å². The van der Waals surface area contributed by atoms with Crippen LogP contribution < -0.4 is 15.5 Å². The maximum absolute atomic E-state index is 12.9. The third kappa shape index (κ3) is 3.48. The molecular formula is C18H25N3O4S. The minimum Gasteiger partial charge on any atom is -0.343 e. The number of benzene rings is 1. The Morgan fingerprint density at radius 3 is 2.50 bits per heavy atom. The lowest BCUT2D eigenvalue weighted by molar-refractivity contribution is -0.130. The molecule has 0 aromatic heterocycles. The van der Waals surface area contributed by atoms with E-state index in [1.807, 2.05) is 30.3 Å². The van der Waals surface area contributed by atoms with Crippen LogP contribution >= 0.6 is 0 Å². The molecule has 2 saturated heterocycles. The Labute approximate surface area is 154 Å². The van der Waals surface area contributed by atoms with Gasteiger partial charge in [-0.1, -0.05) is 18.2 Å². The lowest BCUT2D eigenvalue weighted by Gasteiger charge is -2.37. The van der Waals surface area contributed by atoms with Crippen molar-refractivity contribution >= 4 is 27.3 Å². The summed E-state index contributed by atoms with van der Waals surface area (Å²) in [4.78, 5) is 27.4. The van der Waals surface area contributed by atoms with Crippen molar-refractivity contribution < 1.29 is 18.0 Å². The van der Waals surface area contributed by atoms with Gasteiger partial charge in [-0.3, -0.25) is 9.59 Å². The van der Waals surface area contributed by atoms with Crippen molar-refractivity contribution in [1.29, 1.82) is 0 Å². The van der Waals surface area contributed by atoms with Crippen LogP contribution in [0.15, 0.2) is 30.3 Å². The molecular weight excluding hydrogens is 354 g/mol. The molecule has 1 aromatic carbocycles. The summed E-state index contributed by atoms with van der Waals surface area (Å²) in [5.41, 5.74) is 0.788. The number of piperidine rings is 2. The highest BCUT2D eigenvalue weighted by atomic mass is 32.2. The van der Waals surface area contributed by atoms with Crippen LogP contribution in [0, 0.1) is 0 Å². The van der Waals surface area contributed by atoms with Gasteiger partial charge in [-0.25, -0.2) is 8.42 Å². The van der Waals surface area contributed by atoms with Gasteiger partial charge in [0.15, 0.2) is 14.6 Å². The third-order valence-corrected chi connectivity index (χ3v) is 7.36. The summed E-state index contributed by atoms with van der Waals surface area (Å²) in [5, 5.41) is 5.84. The molecule has 2 aliphatic heterocycles. The lowest BCUT2D eigenvalue weighted by Crippen LogP contribution is -2.61. The minimum atomic E-state index is -3.60. The Hall–Kier alpha value is -1.93. The number of nitrogens with zero attached hydrogens (tertiary/aromatic N) is 1. The Morgan fingerprint density at radius 2 is 1.88 bits per heavy atom. The third-order valence-electron chi connectivity index (χ3n) is 5.35.